The number of fused-ring (bicyclic) bond motifs is 1. The predicted molar refractivity (Wildman–Crippen MR) is 127 cm³/mol. The smallest absolute Gasteiger partial charge is 0.188 e. The van der Waals surface area contributed by atoms with E-state index in [1.54, 1.807) is 25.4 Å². The van der Waals surface area contributed by atoms with Crippen molar-refractivity contribution >= 4 is 40.0 Å². The fourth-order valence-corrected chi connectivity index (χ4v) is 3.47. The molecule has 0 spiro atoms. The third kappa shape index (κ3) is 4.98. The van der Waals surface area contributed by atoms with E-state index in [4.69, 9.17) is 4.74 Å². The molecule has 2 aromatic heterocycles. The van der Waals surface area contributed by atoms with Crippen molar-refractivity contribution in [1.29, 1.82) is 0 Å². The monoisotopic (exact) mass is 464 g/mol. The molecule has 0 atom stereocenters. The van der Waals surface area contributed by atoms with Gasteiger partial charge in [-0.2, -0.15) is 5.11 Å². The molecule has 4 rings (SSSR count). The molecule has 2 aromatic carbocycles. The number of nitrogens with one attached hydrogen (secondary N) is 1. The van der Waals surface area contributed by atoms with Gasteiger partial charge in [0.1, 0.15) is 28.9 Å². The van der Waals surface area contributed by atoms with Crippen molar-refractivity contribution in [3.63, 3.8) is 0 Å². The molecule has 0 aliphatic carbocycles. The highest BCUT2D eigenvalue weighted by atomic mass is 32.2. The summed E-state index contributed by atoms with van der Waals surface area (Å²) in [6.45, 7) is 1.91. The average molecular weight is 465 g/mol. The zero-order valence-electron chi connectivity index (χ0n) is 18.4. The van der Waals surface area contributed by atoms with Crippen LogP contribution in [0.2, 0.25) is 0 Å². The van der Waals surface area contributed by atoms with E-state index in [0.717, 1.165) is 11.3 Å². The van der Waals surface area contributed by atoms with Gasteiger partial charge < -0.3 is 10.1 Å². The number of hydrogen-bond donors (Lipinski definition) is 1. The van der Waals surface area contributed by atoms with Gasteiger partial charge in [0.2, 0.25) is 0 Å². The van der Waals surface area contributed by atoms with Crippen LogP contribution in [0.4, 0.5) is 21.6 Å². The van der Waals surface area contributed by atoms with Crippen LogP contribution in [0, 0.1) is 12.7 Å². The Hall–Kier alpha value is -3.86. The molecule has 168 valence electrons. The SMILES string of the molecule is CN=NN(C)c1ccc(Oc2ccc(Nc3ncnc4cnc(SC)nc34)cc2C)cc1F. The molecule has 0 bridgehead atoms. The molecule has 11 heteroatoms. The van der Waals surface area contributed by atoms with Crippen LogP contribution in [0.1, 0.15) is 5.56 Å². The summed E-state index contributed by atoms with van der Waals surface area (Å²) in [5, 5.41) is 12.7. The maximum atomic E-state index is 14.5. The predicted octanol–water partition coefficient (Wildman–Crippen LogP) is 5.56. The number of rotatable bonds is 7. The second-order valence-corrected chi connectivity index (χ2v) is 7.72. The minimum absolute atomic E-state index is 0.301. The standard InChI is InChI=1S/C22H21FN8OS/c1-13-9-14(28-21-20-17(26-12-27-21)11-25-22(29-20)33-4)5-8-19(13)32-15-6-7-18(16(23)10-15)31(3)30-24-2/h5-12H,1-4H3,(H,26,27,28). The number of ether oxygens (including phenoxy) is 1. The van der Waals surface area contributed by atoms with Gasteiger partial charge in [0.15, 0.2) is 16.8 Å². The van der Waals surface area contributed by atoms with Crippen molar-refractivity contribution in [1.82, 2.24) is 19.9 Å². The Kier molecular flexibility index (Phi) is 6.59. The maximum absolute atomic E-state index is 14.5. The molecule has 0 aliphatic heterocycles. The van der Waals surface area contributed by atoms with Crippen molar-refractivity contribution in [3.8, 4) is 11.5 Å². The van der Waals surface area contributed by atoms with Crippen molar-refractivity contribution in [2.24, 2.45) is 10.3 Å². The minimum Gasteiger partial charge on any atom is -0.457 e. The Morgan fingerprint density at radius 3 is 2.70 bits per heavy atom. The molecule has 1 N–H and O–H groups in total. The first-order chi connectivity index (χ1) is 16.0. The van der Waals surface area contributed by atoms with E-state index < -0.39 is 5.82 Å². The molecule has 0 saturated carbocycles. The third-order valence-electron chi connectivity index (χ3n) is 4.69. The Morgan fingerprint density at radius 1 is 1.12 bits per heavy atom. The second kappa shape index (κ2) is 9.74. The van der Waals surface area contributed by atoms with Gasteiger partial charge in [-0.25, -0.2) is 29.3 Å². The van der Waals surface area contributed by atoms with Gasteiger partial charge in [0, 0.05) is 18.8 Å². The second-order valence-electron chi connectivity index (χ2n) is 6.95. The molecule has 0 aliphatic rings. The minimum atomic E-state index is -0.458. The summed E-state index contributed by atoms with van der Waals surface area (Å²) < 4.78 is 20.4. The number of halogens is 1. The summed E-state index contributed by atoms with van der Waals surface area (Å²) in [7, 11) is 3.15. The van der Waals surface area contributed by atoms with Crippen molar-refractivity contribution in [3.05, 3.63) is 60.3 Å². The van der Waals surface area contributed by atoms with Crippen molar-refractivity contribution in [2.45, 2.75) is 12.1 Å². The maximum Gasteiger partial charge on any atom is 0.188 e. The quantitative estimate of drug-likeness (QED) is 0.164. The van der Waals surface area contributed by atoms with Crippen LogP contribution in [0.5, 0.6) is 11.5 Å². The summed E-state index contributed by atoms with van der Waals surface area (Å²) in [5.41, 5.74) is 3.25. The van der Waals surface area contributed by atoms with E-state index in [-0.39, 0.29) is 0 Å². The molecule has 9 nitrogen and oxygen atoms in total. The Labute approximate surface area is 194 Å². The van der Waals surface area contributed by atoms with Gasteiger partial charge in [0.05, 0.1) is 18.9 Å². The number of benzene rings is 2. The Bertz CT molecular complexity index is 1330. The number of anilines is 3. The zero-order chi connectivity index (χ0) is 23.4. The van der Waals surface area contributed by atoms with Gasteiger partial charge >= 0.3 is 0 Å². The van der Waals surface area contributed by atoms with Crippen LogP contribution < -0.4 is 15.1 Å². The van der Waals surface area contributed by atoms with Crippen LogP contribution >= 0.6 is 11.8 Å². The first kappa shape index (κ1) is 22.3. The fourth-order valence-electron chi connectivity index (χ4n) is 3.13. The van der Waals surface area contributed by atoms with Gasteiger partial charge in [-0.15, -0.1) is 0 Å². The number of nitrogens with zero attached hydrogens (tertiary/aromatic N) is 7. The van der Waals surface area contributed by atoms with E-state index in [1.165, 1.54) is 36.2 Å². The number of aromatic nitrogens is 4. The zero-order valence-corrected chi connectivity index (χ0v) is 19.3. The molecule has 0 saturated heterocycles. The van der Waals surface area contributed by atoms with Crippen LogP contribution in [0.3, 0.4) is 0 Å². The van der Waals surface area contributed by atoms with Crippen LogP contribution in [0.15, 0.2) is 64.4 Å². The Balaban J connectivity index is 1.55. The lowest BCUT2D eigenvalue weighted by molar-refractivity contribution is 0.473. The molecule has 0 amide bonds. The molecule has 33 heavy (non-hydrogen) atoms. The summed E-state index contributed by atoms with van der Waals surface area (Å²) in [5.74, 6) is 1.11. The van der Waals surface area contributed by atoms with E-state index >= 15 is 0 Å². The van der Waals surface area contributed by atoms with Crippen LogP contribution in [0.25, 0.3) is 11.0 Å². The fraction of sp³-hybridized carbons (Fsp3) is 0.182. The first-order valence-corrected chi connectivity index (χ1v) is 11.1. The summed E-state index contributed by atoms with van der Waals surface area (Å²) in [6, 6.07) is 10.2. The van der Waals surface area contributed by atoms with Crippen molar-refractivity contribution < 1.29 is 9.13 Å². The van der Waals surface area contributed by atoms with Crippen LogP contribution in [-0.4, -0.2) is 40.3 Å². The third-order valence-corrected chi connectivity index (χ3v) is 5.26. The molecular formula is C22H21FN8OS. The van der Waals surface area contributed by atoms with E-state index in [2.05, 4.69) is 35.6 Å². The molecule has 0 radical (unpaired) electrons. The highest BCUT2D eigenvalue weighted by Crippen LogP contribution is 2.31. The largest absolute Gasteiger partial charge is 0.457 e. The van der Waals surface area contributed by atoms with Crippen LogP contribution in [-0.2, 0) is 0 Å². The molecule has 2 heterocycles. The van der Waals surface area contributed by atoms with Gasteiger partial charge in [-0.1, -0.05) is 17.0 Å². The Morgan fingerprint density at radius 2 is 1.97 bits per heavy atom. The van der Waals surface area contributed by atoms with Gasteiger partial charge in [0.25, 0.3) is 0 Å². The topological polar surface area (TPSA) is 101 Å². The molecular weight excluding hydrogens is 443 g/mol. The normalized spacial score (nSPS) is 11.2. The van der Waals surface area contributed by atoms with E-state index in [0.29, 0.717) is 39.2 Å². The molecule has 4 aromatic rings. The summed E-state index contributed by atoms with van der Waals surface area (Å²) in [4.78, 5) is 17.3. The van der Waals surface area contributed by atoms with Gasteiger partial charge in [-0.05, 0) is 49.1 Å². The lowest BCUT2D eigenvalue weighted by atomic mass is 10.2. The lowest BCUT2D eigenvalue weighted by Gasteiger charge is -2.15. The van der Waals surface area contributed by atoms with Gasteiger partial charge in [-0.3, -0.25) is 0 Å². The number of aryl methyl sites for hydroxylation is 1. The number of thioether (sulfide) groups is 1. The molecule has 0 fully saturated rings. The number of hydrogen-bond acceptors (Lipinski definition) is 9. The first-order valence-electron chi connectivity index (χ1n) is 9.89. The van der Waals surface area contributed by atoms with Crippen molar-refractivity contribution in [2.75, 3.05) is 30.7 Å². The summed E-state index contributed by atoms with van der Waals surface area (Å²) >= 11 is 1.45. The average Bonchev–Trinajstić information content (AvgIpc) is 2.81. The van der Waals surface area contributed by atoms with E-state index in [1.807, 2.05) is 31.4 Å². The van der Waals surface area contributed by atoms with E-state index in [9.17, 15) is 4.39 Å². The highest BCUT2D eigenvalue weighted by molar-refractivity contribution is 7.98. The molecule has 0 unspecified atom stereocenters. The summed E-state index contributed by atoms with van der Waals surface area (Å²) in [6.07, 6.45) is 5.05. The highest BCUT2D eigenvalue weighted by Gasteiger charge is 2.12. The lowest BCUT2D eigenvalue weighted by Crippen LogP contribution is -2.09.